The Bertz CT molecular complexity index is 155. The number of rotatable bonds is 1. The van der Waals surface area contributed by atoms with E-state index in [1.54, 1.807) is 0 Å². The molecule has 80 valence electrons. The molecule has 0 bridgehead atoms. The molecule has 0 aromatic rings. The zero-order valence-corrected chi connectivity index (χ0v) is 7.63. The Hall–Kier alpha value is 0.0500. The molecule has 1 heterocycles. The van der Waals surface area contributed by atoms with Gasteiger partial charge in [0.25, 0.3) is 0 Å². The van der Waals surface area contributed by atoms with E-state index in [1.807, 2.05) is 0 Å². The van der Waals surface area contributed by atoms with Crippen LogP contribution in [0.15, 0.2) is 0 Å². The van der Waals surface area contributed by atoms with Crippen molar-refractivity contribution in [1.82, 2.24) is 0 Å². The summed E-state index contributed by atoms with van der Waals surface area (Å²) in [5, 5.41) is 36.4. The summed E-state index contributed by atoms with van der Waals surface area (Å²) < 4.78 is 4.76. The van der Waals surface area contributed by atoms with Crippen molar-refractivity contribution in [3.8, 4) is 0 Å². The normalized spacial score (nSPS) is 45.5. The van der Waals surface area contributed by atoms with Gasteiger partial charge in [0.15, 0.2) is 6.29 Å². The van der Waals surface area contributed by atoms with Gasteiger partial charge in [-0.05, 0) is 0 Å². The molecule has 1 saturated heterocycles. The van der Waals surface area contributed by atoms with Gasteiger partial charge < -0.3 is 43.3 Å². The van der Waals surface area contributed by atoms with Crippen molar-refractivity contribution in [3.63, 3.8) is 0 Å². The van der Waals surface area contributed by atoms with Crippen molar-refractivity contribution in [2.75, 3.05) is 6.54 Å². The van der Waals surface area contributed by atoms with Gasteiger partial charge in [-0.3, -0.25) is 0 Å². The maximum absolute atomic E-state index is 9.24. The van der Waals surface area contributed by atoms with Crippen LogP contribution in [0.4, 0.5) is 0 Å². The summed E-state index contributed by atoms with van der Waals surface area (Å²) >= 11 is 0. The van der Waals surface area contributed by atoms with Crippen LogP contribution >= 0.6 is 0 Å². The maximum atomic E-state index is 9.24. The highest BCUT2D eigenvalue weighted by Gasteiger charge is 2.43. The molecule has 1 fully saturated rings. The second-order valence-corrected chi connectivity index (χ2v) is 2.83. The van der Waals surface area contributed by atoms with E-state index in [-0.39, 0.29) is 19.0 Å². The summed E-state index contributed by atoms with van der Waals surface area (Å²) in [4.78, 5) is 0. The number of hydrogen-bond acceptors (Lipinski definition) is 5. The Labute approximate surface area is 81.3 Å². The lowest BCUT2D eigenvalue weighted by Crippen LogP contribution is -3.00. The number of quaternary nitrogens is 1. The van der Waals surface area contributed by atoms with Crippen molar-refractivity contribution in [2.45, 2.75) is 30.7 Å². The van der Waals surface area contributed by atoms with E-state index in [1.165, 1.54) is 0 Å². The van der Waals surface area contributed by atoms with E-state index in [0.717, 1.165) is 0 Å². The molecular formula is C6H14ClNO5. The maximum Gasteiger partial charge on any atom is 0.184 e. The minimum atomic E-state index is -1.46. The van der Waals surface area contributed by atoms with Gasteiger partial charge in [-0.25, -0.2) is 0 Å². The number of hydrogen-bond donors (Lipinski definition) is 5. The molecule has 7 N–H and O–H groups in total. The third kappa shape index (κ3) is 2.50. The summed E-state index contributed by atoms with van der Waals surface area (Å²) in [5.74, 6) is 0. The van der Waals surface area contributed by atoms with Crippen molar-refractivity contribution >= 4 is 0 Å². The molecule has 7 heteroatoms. The smallest absolute Gasteiger partial charge is 0.184 e. The van der Waals surface area contributed by atoms with Crippen LogP contribution in [0.2, 0.25) is 0 Å². The van der Waals surface area contributed by atoms with E-state index in [2.05, 4.69) is 5.73 Å². The van der Waals surface area contributed by atoms with Crippen LogP contribution < -0.4 is 18.1 Å². The molecule has 1 rings (SSSR count). The topological polar surface area (TPSA) is 118 Å². The molecule has 0 spiro atoms. The Morgan fingerprint density at radius 1 is 1.00 bits per heavy atom. The molecule has 1 aliphatic rings. The van der Waals surface area contributed by atoms with E-state index in [4.69, 9.17) is 20.1 Å². The van der Waals surface area contributed by atoms with Gasteiger partial charge >= 0.3 is 0 Å². The molecule has 1 unspecified atom stereocenters. The second-order valence-electron chi connectivity index (χ2n) is 2.83. The number of halogens is 1. The van der Waals surface area contributed by atoms with Crippen LogP contribution in [0.1, 0.15) is 0 Å². The highest BCUT2D eigenvalue weighted by atomic mass is 35.5. The summed E-state index contributed by atoms with van der Waals surface area (Å²) in [6, 6.07) is 0. The van der Waals surface area contributed by atoms with Crippen LogP contribution in [0.5, 0.6) is 0 Å². The lowest BCUT2D eigenvalue weighted by Gasteiger charge is -2.36. The number of aliphatic hydroxyl groups excluding tert-OH is 4. The first-order valence-corrected chi connectivity index (χ1v) is 3.75. The van der Waals surface area contributed by atoms with E-state index >= 15 is 0 Å². The number of aliphatic hydroxyl groups is 4. The van der Waals surface area contributed by atoms with Crippen LogP contribution in [-0.4, -0.2) is 57.7 Å². The molecule has 0 radical (unpaired) electrons. The first-order valence-electron chi connectivity index (χ1n) is 3.75. The van der Waals surface area contributed by atoms with Crippen molar-refractivity contribution in [3.05, 3.63) is 0 Å². The Balaban J connectivity index is 0.00000144. The van der Waals surface area contributed by atoms with Crippen molar-refractivity contribution in [1.29, 1.82) is 0 Å². The Kier molecular flexibility index (Phi) is 5.08. The van der Waals surface area contributed by atoms with Crippen LogP contribution in [0.25, 0.3) is 0 Å². The summed E-state index contributed by atoms with van der Waals surface area (Å²) in [6.45, 7) is 0.224. The van der Waals surface area contributed by atoms with Crippen LogP contribution in [-0.2, 0) is 4.74 Å². The molecule has 0 amide bonds. The van der Waals surface area contributed by atoms with E-state index < -0.39 is 30.7 Å². The molecular weight excluding hydrogens is 202 g/mol. The van der Waals surface area contributed by atoms with Crippen LogP contribution in [0, 0.1) is 0 Å². The van der Waals surface area contributed by atoms with E-state index in [9.17, 15) is 5.11 Å². The first kappa shape index (κ1) is 13.1. The SMILES string of the molecule is [Cl-].[NH3+]C[C@H]1OC(O)[C@H](O)[C@@H](O)[C@@H]1O. The van der Waals surface area contributed by atoms with Gasteiger partial charge in [0.1, 0.15) is 31.0 Å². The summed E-state index contributed by atoms with van der Waals surface area (Å²) in [6.07, 6.45) is -6.20. The van der Waals surface area contributed by atoms with Gasteiger partial charge in [0.2, 0.25) is 0 Å². The molecule has 1 aliphatic heterocycles. The van der Waals surface area contributed by atoms with E-state index in [0.29, 0.717) is 0 Å². The second kappa shape index (κ2) is 5.06. The van der Waals surface area contributed by atoms with Crippen LogP contribution in [0.3, 0.4) is 0 Å². The predicted molar refractivity (Wildman–Crippen MR) is 36.7 cm³/mol. The number of ether oxygens (including phenoxy) is 1. The third-order valence-corrected chi connectivity index (χ3v) is 1.97. The fraction of sp³-hybridized carbons (Fsp3) is 1.00. The monoisotopic (exact) mass is 215 g/mol. The highest BCUT2D eigenvalue weighted by Crippen LogP contribution is 2.18. The summed E-state index contributed by atoms with van der Waals surface area (Å²) in [7, 11) is 0. The van der Waals surface area contributed by atoms with Gasteiger partial charge in [-0.1, -0.05) is 0 Å². The summed E-state index contributed by atoms with van der Waals surface area (Å²) in [5.41, 5.74) is 3.46. The largest absolute Gasteiger partial charge is 1.00 e. The van der Waals surface area contributed by atoms with Gasteiger partial charge in [-0.2, -0.15) is 0 Å². The average Bonchev–Trinajstić information content (AvgIpc) is 2.08. The quantitative estimate of drug-likeness (QED) is 0.298. The van der Waals surface area contributed by atoms with Crippen molar-refractivity contribution < 1.29 is 43.3 Å². The first-order chi connectivity index (χ1) is 5.57. The highest BCUT2D eigenvalue weighted by molar-refractivity contribution is 4.87. The predicted octanol–water partition coefficient (Wildman–Crippen LogP) is -6.97. The molecule has 5 atom stereocenters. The van der Waals surface area contributed by atoms with Gasteiger partial charge in [0, 0.05) is 0 Å². The lowest BCUT2D eigenvalue weighted by molar-refractivity contribution is -0.411. The molecule has 0 aromatic heterocycles. The fourth-order valence-electron chi connectivity index (χ4n) is 1.17. The Morgan fingerprint density at radius 2 is 1.54 bits per heavy atom. The lowest BCUT2D eigenvalue weighted by atomic mass is 9.99. The molecule has 0 saturated carbocycles. The molecule has 6 nitrogen and oxygen atoms in total. The molecule has 0 aromatic carbocycles. The third-order valence-electron chi connectivity index (χ3n) is 1.97. The molecule has 0 aliphatic carbocycles. The Morgan fingerprint density at radius 3 is 2.00 bits per heavy atom. The fourth-order valence-corrected chi connectivity index (χ4v) is 1.17. The van der Waals surface area contributed by atoms with Gasteiger partial charge in [0.05, 0.1) is 0 Å². The van der Waals surface area contributed by atoms with Crippen molar-refractivity contribution in [2.24, 2.45) is 0 Å². The van der Waals surface area contributed by atoms with Gasteiger partial charge in [-0.15, -0.1) is 0 Å². The zero-order chi connectivity index (χ0) is 9.30. The average molecular weight is 216 g/mol. The molecule has 13 heavy (non-hydrogen) atoms. The minimum absolute atomic E-state index is 0. The standard InChI is InChI=1S/C6H13NO5.ClH/c7-1-2-3(8)4(9)5(10)6(11)12-2;/h2-6,8-11H,1,7H2;1H/t2-,3-,4+,5-,6?;/m1./s1. The zero-order valence-electron chi connectivity index (χ0n) is 6.88. The minimum Gasteiger partial charge on any atom is -1.00 e.